The first-order chi connectivity index (χ1) is 14.0. The van der Waals surface area contributed by atoms with E-state index in [1.165, 1.54) is 0 Å². The summed E-state index contributed by atoms with van der Waals surface area (Å²) in [6.07, 6.45) is 2.20. The third-order valence-corrected chi connectivity index (χ3v) is 5.31. The van der Waals surface area contributed by atoms with Crippen molar-refractivity contribution in [2.24, 2.45) is 5.92 Å². The number of piperidine rings is 1. The lowest BCUT2D eigenvalue weighted by atomic mass is 9.96. The summed E-state index contributed by atoms with van der Waals surface area (Å²) in [5, 5.41) is 14.3. The van der Waals surface area contributed by atoms with Crippen LogP contribution in [0.25, 0.3) is 0 Å². The lowest BCUT2D eigenvalue weighted by molar-refractivity contribution is -0.126. The van der Waals surface area contributed by atoms with Crippen LogP contribution < -0.4 is 15.5 Å². The van der Waals surface area contributed by atoms with Crippen molar-refractivity contribution in [3.8, 4) is 0 Å². The molecule has 1 aliphatic heterocycles. The van der Waals surface area contributed by atoms with E-state index in [1.807, 2.05) is 44.2 Å². The third-order valence-electron chi connectivity index (χ3n) is 5.11. The number of carbonyl (C=O) groups is 2. The van der Waals surface area contributed by atoms with Gasteiger partial charge in [-0.25, -0.2) is 0 Å². The number of carbonyl (C=O) groups excluding carboxylic acids is 2. The zero-order valence-electron chi connectivity index (χ0n) is 16.7. The van der Waals surface area contributed by atoms with E-state index in [9.17, 15) is 9.59 Å². The molecule has 154 valence electrons. The summed E-state index contributed by atoms with van der Waals surface area (Å²) in [5.41, 5.74) is 1.75. The molecule has 1 fully saturated rings. The topological polar surface area (TPSA) is 87.2 Å². The van der Waals surface area contributed by atoms with E-state index in [0.29, 0.717) is 18.1 Å². The molecule has 2 aromatic rings. The Morgan fingerprint density at radius 2 is 1.97 bits per heavy atom. The van der Waals surface area contributed by atoms with Gasteiger partial charge in [-0.2, -0.15) is 0 Å². The molecule has 1 aliphatic rings. The quantitative estimate of drug-likeness (QED) is 0.753. The molecule has 2 heterocycles. The van der Waals surface area contributed by atoms with E-state index in [-0.39, 0.29) is 23.8 Å². The van der Waals surface area contributed by atoms with Crippen LogP contribution in [0.5, 0.6) is 0 Å². The molecule has 1 aromatic heterocycles. The van der Waals surface area contributed by atoms with Gasteiger partial charge >= 0.3 is 0 Å². The number of benzene rings is 1. The second-order valence-corrected chi connectivity index (χ2v) is 7.64. The van der Waals surface area contributed by atoms with Crippen molar-refractivity contribution >= 4 is 34.9 Å². The van der Waals surface area contributed by atoms with E-state index in [0.717, 1.165) is 36.5 Å². The summed E-state index contributed by atoms with van der Waals surface area (Å²) in [4.78, 5) is 26.4. The molecule has 8 heteroatoms. The highest BCUT2D eigenvalue weighted by atomic mass is 35.5. The fraction of sp³-hybridized carbons (Fsp3) is 0.429. The zero-order chi connectivity index (χ0) is 20.8. The Hall–Kier alpha value is -2.67. The van der Waals surface area contributed by atoms with Gasteiger partial charge in [0.2, 0.25) is 11.8 Å². The van der Waals surface area contributed by atoms with E-state index < -0.39 is 0 Å². The Morgan fingerprint density at radius 3 is 2.62 bits per heavy atom. The van der Waals surface area contributed by atoms with Crippen LogP contribution in [0, 0.1) is 5.92 Å². The van der Waals surface area contributed by atoms with Crippen LogP contribution in [0.15, 0.2) is 36.4 Å². The van der Waals surface area contributed by atoms with Crippen molar-refractivity contribution in [3.63, 3.8) is 0 Å². The van der Waals surface area contributed by atoms with Crippen molar-refractivity contribution < 1.29 is 9.59 Å². The molecule has 0 radical (unpaired) electrons. The monoisotopic (exact) mass is 415 g/mol. The smallest absolute Gasteiger partial charge is 0.225 e. The molecule has 0 aliphatic carbocycles. The maximum absolute atomic E-state index is 12.8. The normalized spacial score (nSPS) is 17.5. The first kappa shape index (κ1) is 21.0. The van der Waals surface area contributed by atoms with Gasteiger partial charge in [-0.1, -0.05) is 30.7 Å². The number of hydrogen-bond donors (Lipinski definition) is 2. The summed E-state index contributed by atoms with van der Waals surface area (Å²) in [5.74, 6) is 0.648. The first-order valence-corrected chi connectivity index (χ1v) is 10.3. The molecule has 0 unspecified atom stereocenters. The van der Waals surface area contributed by atoms with Crippen LogP contribution in [0.4, 0.5) is 11.5 Å². The summed E-state index contributed by atoms with van der Waals surface area (Å²) in [6.45, 7) is 5.23. The summed E-state index contributed by atoms with van der Waals surface area (Å²) >= 11 is 5.81. The molecular weight excluding hydrogens is 390 g/mol. The molecule has 29 heavy (non-hydrogen) atoms. The number of nitrogens with zero attached hydrogens (tertiary/aromatic N) is 3. The van der Waals surface area contributed by atoms with Crippen LogP contribution in [0.1, 0.15) is 44.7 Å². The largest absolute Gasteiger partial charge is 0.354 e. The van der Waals surface area contributed by atoms with Crippen LogP contribution >= 0.6 is 11.6 Å². The van der Waals surface area contributed by atoms with Crippen LogP contribution in [-0.2, 0) is 9.59 Å². The molecule has 2 atom stereocenters. The number of rotatable bonds is 6. The van der Waals surface area contributed by atoms with Gasteiger partial charge in [-0.3, -0.25) is 9.59 Å². The van der Waals surface area contributed by atoms with Gasteiger partial charge in [-0.15, -0.1) is 10.2 Å². The Bertz CT molecular complexity index is 841. The van der Waals surface area contributed by atoms with E-state index in [4.69, 9.17) is 11.6 Å². The molecule has 2 amide bonds. The molecule has 7 nitrogen and oxygen atoms in total. The number of anilines is 2. The second kappa shape index (κ2) is 9.69. The summed E-state index contributed by atoms with van der Waals surface area (Å²) in [7, 11) is 0. The number of nitrogens with one attached hydrogen (secondary N) is 2. The van der Waals surface area contributed by atoms with Gasteiger partial charge in [0, 0.05) is 25.2 Å². The number of amides is 2. The van der Waals surface area contributed by atoms with Crippen molar-refractivity contribution in [3.05, 3.63) is 47.1 Å². The van der Waals surface area contributed by atoms with Crippen molar-refractivity contribution in [1.29, 1.82) is 0 Å². The van der Waals surface area contributed by atoms with Gasteiger partial charge < -0.3 is 15.5 Å². The Labute approximate surface area is 175 Å². The maximum Gasteiger partial charge on any atom is 0.225 e. The Kier molecular flexibility index (Phi) is 7.04. The molecule has 0 saturated carbocycles. The van der Waals surface area contributed by atoms with E-state index in [2.05, 4.69) is 25.7 Å². The predicted molar refractivity (Wildman–Crippen MR) is 114 cm³/mol. The van der Waals surface area contributed by atoms with Crippen LogP contribution in [-0.4, -0.2) is 35.1 Å². The standard InChI is InChI=1S/C21H26ClN5O2/c1-3-20(28)24-17-8-6-15(7-9-17)14(2)23-21(29)16-5-4-12-27(13-16)19-11-10-18(22)25-26-19/h6-11,14,16H,3-5,12-13H2,1-2H3,(H,23,29)(H,24,28)/t14-,16-/m1/s1. The van der Waals surface area contributed by atoms with Gasteiger partial charge in [0.25, 0.3) is 0 Å². The maximum atomic E-state index is 12.8. The van der Waals surface area contributed by atoms with Crippen molar-refractivity contribution in [1.82, 2.24) is 15.5 Å². The highest BCUT2D eigenvalue weighted by Gasteiger charge is 2.27. The minimum atomic E-state index is -0.121. The van der Waals surface area contributed by atoms with Crippen molar-refractivity contribution in [2.75, 3.05) is 23.3 Å². The first-order valence-electron chi connectivity index (χ1n) is 9.90. The van der Waals surface area contributed by atoms with Gasteiger partial charge in [0.1, 0.15) is 0 Å². The molecule has 2 N–H and O–H groups in total. The SMILES string of the molecule is CCC(=O)Nc1ccc([C@@H](C)NC(=O)[C@@H]2CCCN(c3ccc(Cl)nn3)C2)cc1. The highest BCUT2D eigenvalue weighted by Crippen LogP contribution is 2.23. The third kappa shape index (κ3) is 5.67. The summed E-state index contributed by atoms with van der Waals surface area (Å²) < 4.78 is 0. The molecule has 1 saturated heterocycles. The van der Waals surface area contributed by atoms with E-state index >= 15 is 0 Å². The lowest BCUT2D eigenvalue weighted by Gasteiger charge is -2.33. The second-order valence-electron chi connectivity index (χ2n) is 7.25. The van der Waals surface area contributed by atoms with Gasteiger partial charge in [0.15, 0.2) is 11.0 Å². The van der Waals surface area contributed by atoms with Gasteiger partial charge in [-0.05, 0) is 49.6 Å². The minimum Gasteiger partial charge on any atom is -0.354 e. The van der Waals surface area contributed by atoms with Crippen molar-refractivity contribution in [2.45, 2.75) is 39.2 Å². The molecule has 0 bridgehead atoms. The number of halogens is 1. The zero-order valence-corrected chi connectivity index (χ0v) is 17.4. The predicted octanol–water partition coefficient (Wildman–Crippen LogP) is 3.57. The average Bonchev–Trinajstić information content (AvgIpc) is 2.74. The molecule has 0 spiro atoms. The molecule has 3 rings (SSSR count). The fourth-order valence-corrected chi connectivity index (χ4v) is 3.50. The number of aromatic nitrogens is 2. The highest BCUT2D eigenvalue weighted by molar-refractivity contribution is 6.29. The fourth-order valence-electron chi connectivity index (χ4n) is 3.40. The van der Waals surface area contributed by atoms with Gasteiger partial charge in [0.05, 0.1) is 12.0 Å². The van der Waals surface area contributed by atoms with E-state index in [1.54, 1.807) is 6.07 Å². The molecular formula is C21H26ClN5O2. The Balaban J connectivity index is 1.57. The number of hydrogen-bond acceptors (Lipinski definition) is 5. The van der Waals surface area contributed by atoms with Crippen LogP contribution in [0.3, 0.4) is 0 Å². The minimum absolute atomic E-state index is 0.0219. The summed E-state index contributed by atoms with van der Waals surface area (Å²) in [6, 6.07) is 11.0. The molecule has 1 aromatic carbocycles. The average molecular weight is 416 g/mol. The lowest BCUT2D eigenvalue weighted by Crippen LogP contribution is -2.44. The van der Waals surface area contributed by atoms with Crippen LogP contribution in [0.2, 0.25) is 5.15 Å². The Morgan fingerprint density at radius 1 is 1.21 bits per heavy atom.